The standard InChI is InChI=1S/C16H23NO2/c1-12(13-8-9-13)16(18)17(2)11-10-14-6-4-5-7-15(14)19-3/h4-7,12-13H,8-11H2,1-3H3. The lowest BCUT2D eigenvalue weighted by Gasteiger charge is -2.21. The smallest absolute Gasteiger partial charge is 0.225 e. The molecule has 0 radical (unpaired) electrons. The number of carbonyl (C=O) groups is 1. The molecule has 2 rings (SSSR count). The number of ether oxygens (including phenoxy) is 1. The van der Waals surface area contributed by atoms with Gasteiger partial charge >= 0.3 is 0 Å². The molecule has 1 fully saturated rings. The van der Waals surface area contributed by atoms with Gasteiger partial charge in [-0.2, -0.15) is 0 Å². The molecule has 0 spiro atoms. The Kier molecular flexibility index (Phi) is 4.46. The summed E-state index contributed by atoms with van der Waals surface area (Å²) in [5.74, 6) is 1.99. The van der Waals surface area contributed by atoms with Crippen LogP contribution in [0.3, 0.4) is 0 Å². The largest absolute Gasteiger partial charge is 0.496 e. The zero-order valence-electron chi connectivity index (χ0n) is 12.1. The molecule has 1 aliphatic carbocycles. The Morgan fingerprint density at radius 1 is 1.42 bits per heavy atom. The number of nitrogens with zero attached hydrogens (tertiary/aromatic N) is 1. The number of carbonyl (C=O) groups excluding carboxylic acids is 1. The summed E-state index contributed by atoms with van der Waals surface area (Å²) >= 11 is 0. The number of benzene rings is 1. The van der Waals surface area contributed by atoms with Crippen LogP contribution in [0.1, 0.15) is 25.3 Å². The third-order valence-corrected chi connectivity index (χ3v) is 4.00. The van der Waals surface area contributed by atoms with E-state index >= 15 is 0 Å². The Bertz CT molecular complexity index is 440. The summed E-state index contributed by atoms with van der Waals surface area (Å²) in [4.78, 5) is 14.1. The Labute approximate surface area is 115 Å². The fraction of sp³-hybridized carbons (Fsp3) is 0.562. The first-order valence-corrected chi connectivity index (χ1v) is 7.00. The molecule has 0 heterocycles. The first-order chi connectivity index (χ1) is 9.13. The first-order valence-electron chi connectivity index (χ1n) is 7.00. The highest BCUT2D eigenvalue weighted by molar-refractivity contribution is 5.78. The fourth-order valence-corrected chi connectivity index (χ4v) is 2.45. The van der Waals surface area contributed by atoms with E-state index in [0.29, 0.717) is 5.92 Å². The lowest BCUT2D eigenvalue weighted by atomic mass is 10.0. The molecule has 1 atom stereocenters. The van der Waals surface area contributed by atoms with E-state index in [1.54, 1.807) is 7.11 Å². The monoisotopic (exact) mass is 261 g/mol. The van der Waals surface area contributed by atoms with Crippen LogP contribution in [0.15, 0.2) is 24.3 Å². The van der Waals surface area contributed by atoms with Crippen LogP contribution in [0.5, 0.6) is 5.75 Å². The second kappa shape index (κ2) is 6.09. The van der Waals surface area contributed by atoms with Gasteiger partial charge in [-0.25, -0.2) is 0 Å². The van der Waals surface area contributed by atoms with Crippen LogP contribution in [0.2, 0.25) is 0 Å². The van der Waals surface area contributed by atoms with E-state index in [4.69, 9.17) is 4.74 Å². The predicted molar refractivity (Wildman–Crippen MR) is 76.2 cm³/mol. The minimum atomic E-state index is 0.183. The van der Waals surface area contributed by atoms with E-state index < -0.39 is 0 Å². The van der Waals surface area contributed by atoms with Crippen molar-refractivity contribution in [2.24, 2.45) is 11.8 Å². The van der Waals surface area contributed by atoms with E-state index in [0.717, 1.165) is 24.3 Å². The van der Waals surface area contributed by atoms with Gasteiger partial charge < -0.3 is 9.64 Å². The third kappa shape index (κ3) is 3.49. The molecule has 0 saturated heterocycles. The van der Waals surface area contributed by atoms with Gasteiger partial charge in [-0.1, -0.05) is 25.1 Å². The predicted octanol–water partition coefficient (Wildman–Crippen LogP) is 2.74. The molecule has 3 nitrogen and oxygen atoms in total. The highest BCUT2D eigenvalue weighted by Crippen LogP contribution is 2.37. The van der Waals surface area contributed by atoms with E-state index in [-0.39, 0.29) is 11.8 Å². The van der Waals surface area contributed by atoms with Crippen LogP contribution in [0.4, 0.5) is 0 Å². The van der Waals surface area contributed by atoms with Crippen molar-refractivity contribution in [1.29, 1.82) is 0 Å². The minimum Gasteiger partial charge on any atom is -0.496 e. The van der Waals surface area contributed by atoms with Crippen LogP contribution in [0.25, 0.3) is 0 Å². The molecule has 1 aromatic carbocycles. The molecule has 1 saturated carbocycles. The number of likely N-dealkylation sites (N-methyl/N-ethyl adjacent to an activating group) is 1. The van der Waals surface area contributed by atoms with Gasteiger partial charge in [0.05, 0.1) is 7.11 Å². The van der Waals surface area contributed by atoms with Gasteiger partial charge in [-0.05, 0) is 36.8 Å². The van der Waals surface area contributed by atoms with Crippen LogP contribution in [-0.2, 0) is 11.2 Å². The van der Waals surface area contributed by atoms with Gasteiger partial charge in [0.15, 0.2) is 0 Å². The van der Waals surface area contributed by atoms with E-state index in [2.05, 4.69) is 13.0 Å². The first kappa shape index (κ1) is 13.9. The molecule has 1 amide bonds. The maximum absolute atomic E-state index is 12.2. The average molecular weight is 261 g/mol. The second-order valence-electron chi connectivity index (χ2n) is 5.45. The zero-order valence-corrected chi connectivity index (χ0v) is 12.1. The lowest BCUT2D eigenvalue weighted by Crippen LogP contribution is -2.34. The maximum atomic E-state index is 12.2. The van der Waals surface area contributed by atoms with Crippen molar-refractivity contribution in [2.45, 2.75) is 26.2 Å². The molecular weight excluding hydrogens is 238 g/mol. The molecule has 0 aliphatic heterocycles. The lowest BCUT2D eigenvalue weighted by molar-refractivity contribution is -0.134. The number of para-hydroxylation sites is 1. The van der Waals surface area contributed by atoms with Crippen molar-refractivity contribution in [3.05, 3.63) is 29.8 Å². The van der Waals surface area contributed by atoms with Crippen molar-refractivity contribution in [3.8, 4) is 5.75 Å². The molecule has 0 bridgehead atoms. The number of amides is 1. The van der Waals surface area contributed by atoms with Crippen molar-refractivity contribution < 1.29 is 9.53 Å². The van der Waals surface area contributed by atoms with Gasteiger partial charge in [0, 0.05) is 19.5 Å². The van der Waals surface area contributed by atoms with Crippen LogP contribution >= 0.6 is 0 Å². The quantitative estimate of drug-likeness (QED) is 0.788. The van der Waals surface area contributed by atoms with Crippen molar-refractivity contribution in [3.63, 3.8) is 0 Å². The summed E-state index contributed by atoms with van der Waals surface area (Å²) in [6, 6.07) is 7.99. The van der Waals surface area contributed by atoms with Crippen LogP contribution in [0, 0.1) is 11.8 Å². The molecule has 0 aromatic heterocycles. The number of methoxy groups -OCH3 is 1. The Balaban J connectivity index is 1.88. The number of rotatable bonds is 6. The van der Waals surface area contributed by atoms with Gasteiger partial charge in [-0.15, -0.1) is 0 Å². The molecule has 1 aliphatic rings. The van der Waals surface area contributed by atoms with Gasteiger partial charge in [0.25, 0.3) is 0 Å². The summed E-state index contributed by atoms with van der Waals surface area (Å²) in [5, 5.41) is 0. The Hall–Kier alpha value is -1.51. The average Bonchev–Trinajstić information content (AvgIpc) is 3.27. The summed E-state index contributed by atoms with van der Waals surface area (Å²) in [7, 11) is 3.58. The van der Waals surface area contributed by atoms with Crippen molar-refractivity contribution in [1.82, 2.24) is 4.90 Å². The number of hydrogen-bond acceptors (Lipinski definition) is 2. The van der Waals surface area contributed by atoms with Gasteiger partial charge in [0.1, 0.15) is 5.75 Å². The highest BCUT2D eigenvalue weighted by atomic mass is 16.5. The minimum absolute atomic E-state index is 0.183. The van der Waals surface area contributed by atoms with Crippen molar-refractivity contribution in [2.75, 3.05) is 20.7 Å². The molecule has 19 heavy (non-hydrogen) atoms. The fourth-order valence-electron chi connectivity index (χ4n) is 2.45. The molecular formula is C16H23NO2. The summed E-state index contributed by atoms with van der Waals surface area (Å²) in [6.45, 7) is 2.80. The topological polar surface area (TPSA) is 29.5 Å². The van der Waals surface area contributed by atoms with Crippen molar-refractivity contribution >= 4 is 5.91 Å². The summed E-state index contributed by atoms with van der Waals surface area (Å²) < 4.78 is 5.33. The highest BCUT2D eigenvalue weighted by Gasteiger charge is 2.33. The van der Waals surface area contributed by atoms with Crippen LogP contribution in [-0.4, -0.2) is 31.5 Å². The Morgan fingerprint density at radius 2 is 2.11 bits per heavy atom. The molecule has 104 valence electrons. The third-order valence-electron chi connectivity index (χ3n) is 4.00. The van der Waals surface area contributed by atoms with E-state index in [1.807, 2.05) is 30.1 Å². The maximum Gasteiger partial charge on any atom is 0.225 e. The summed E-state index contributed by atoms with van der Waals surface area (Å²) in [5.41, 5.74) is 1.16. The SMILES string of the molecule is COc1ccccc1CCN(C)C(=O)C(C)C1CC1. The Morgan fingerprint density at radius 3 is 2.74 bits per heavy atom. The second-order valence-corrected chi connectivity index (χ2v) is 5.45. The zero-order chi connectivity index (χ0) is 13.8. The van der Waals surface area contributed by atoms with Gasteiger partial charge in [-0.3, -0.25) is 4.79 Å². The van der Waals surface area contributed by atoms with E-state index in [1.165, 1.54) is 12.8 Å². The molecule has 1 unspecified atom stereocenters. The van der Waals surface area contributed by atoms with Gasteiger partial charge in [0.2, 0.25) is 5.91 Å². The van der Waals surface area contributed by atoms with E-state index in [9.17, 15) is 4.79 Å². The molecule has 0 N–H and O–H groups in total. The number of hydrogen-bond donors (Lipinski definition) is 0. The summed E-state index contributed by atoms with van der Waals surface area (Å²) in [6.07, 6.45) is 3.27. The molecule has 1 aromatic rings. The normalized spacial score (nSPS) is 15.9. The molecule has 3 heteroatoms. The van der Waals surface area contributed by atoms with Crippen LogP contribution < -0.4 is 4.74 Å².